The quantitative estimate of drug-likeness (QED) is 0.920. The molecule has 102 valence electrons. The van der Waals surface area contributed by atoms with Crippen molar-refractivity contribution in [2.75, 3.05) is 5.73 Å². The molecule has 0 spiro atoms. The lowest BCUT2D eigenvalue weighted by Gasteiger charge is -2.13. The van der Waals surface area contributed by atoms with E-state index in [0.717, 1.165) is 11.3 Å². The van der Waals surface area contributed by atoms with Crippen LogP contribution >= 0.6 is 11.6 Å². The molecule has 0 amide bonds. The van der Waals surface area contributed by atoms with E-state index in [9.17, 15) is 0 Å². The first-order valence-electron chi connectivity index (χ1n) is 6.18. The number of nitrogens with zero attached hydrogens (tertiary/aromatic N) is 2. The van der Waals surface area contributed by atoms with Crippen molar-refractivity contribution in [2.45, 2.75) is 33.7 Å². The van der Waals surface area contributed by atoms with Crippen molar-refractivity contribution in [1.82, 2.24) is 9.78 Å². The first-order chi connectivity index (χ1) is 8.90. The smallest absolute Gasteiger partial charge is 0.241 e. The molecule has 0 fully saturated rings. The maximum absolute atomic E-state index is 6.02. The van der Waals surface area contributed by atoms with Gasteiger partial charge in [0, 0.05) is 5.02 Å². The van der Waals surface area contributed by atoms with Crippen molar-refractivity contribution >= 4 is 17.3 Å². The summed E-state index contributed by atoms with van der Waals surface area (Å²) in [6.07, 6.45) is 0. The fourth-order valence-corrected chi connectivity index (χ4v) is 1.90. The third-order valence-electron chi connectivity index (χ3n) is 2.92. The number of aromatic nitrogens is 2. The van der Waals surface area contributed by atoms with Gasteiger partial charge in [-0.15, -0.1) is 0 Å². The molecule has 4 nitrogen and oxygen atoms in total. The standard InChI is InChI=1S/C14H18ClN3O/c1-8(2)18-14(13(16)10(4)17-18)19-11-5-6-12(15)9(3)7-11/h5-8H,16H2,1-4H3. The summed E-state index contributed by atoms with van der Waals surface area (Å²) < 4.78 is 7.66. The Kier molecular flexibility index (Phi) is 3.71. The minimum absolute atomic E-state index is 0.180. The van der Waals surface area contributed by atoms with Gasteiger partial charge in [-0.2, -0.15) is 5.10 Å². The monoisotopic (exact) mass is 279 g/mol. The molecule has 0 atom stereocenters. The average molecular weight is 280 g/mol. The van der Waals surface area contributed by atoms with E-state index in [1.54, 1.807) is 4.68 Å². The third kappa shape index (κ3) is 2.68. The zero-order chi connectivity index (χ0) is 14.2. The van der Waals surface area contributed by atoms with Gasteiger partial charge in [-0.25, -0.2) is 4.68 Å². The maximum Gasteiger partial charge on any atom is 0.241 e. The van der Waals surface area contributed by atoms with E-state index in [-0.39, 0.29) is 6.04 Å². The fraction of sp³-hybridized carbons (Fsp3) is 0.357. The molecule has 0 aliphatic rings. The Hall–Kier alpha value is -1.68. The number of halogens is 1. The second-order valence-corrected chi connectivity index (χ2v) is 5.26. The van der Waals surface area contributed by atoms with Crippen LogP contribution in [-0.4, -0.2) is 9.78 Å². The van der Waals surface area contributed by atoms with Gasteiger partial charge in [0.1, 0.15) is 11.4 Å². The summed E-state index contributed by atoms with van der Waals surface area (Å²) in [5.74, 6) is 1.28. The van der Waals surface area contributed by atoms with Crippen molar-refractivity contribution in [3.05, 3.63) is 34.5 Å². The van der Waals surface area contributed by atoms with Gasteiger partial charge < -0.3 is 10.5 Å². The highest BCUT2D eigenvalue weighted by Crippen LogP contribution is 2.33. The Morgan fingerprint density at radius 2 is 2.00 bits per heavy atom. The van der Waals surface area contributed by atoms with Gasteiger partial charge >= 0.3 is 0 Å². The van der Waals surface area contributed by atoms with Gasteiger partial charge in [0.15, 0.2) is 0 Å². The zero-order valence-electron chi connectivity index (χ0n) is 11.6. The van der Waals surface area contributed by atoms with Crippen molar-refractivity contribution < 1.29 is 4.74 Å². The van der Waals surface area contributed by atoms with Crippen molar-refractivity contribution in [1.29, 1.82) is 0 Å². The van der Waals surface area contributed by atoms with Crippen LogP contribution < -0.4 is 10.5 Å². The van der Waals surface area contributed by atoms with Crippen LogP contribution in [0.4, 0.5) is 5.69 Å². The first kappa shape index (κ1) is 13.7. The summed E-state index contributed by atoms with van der Waals surface area (Å²) >= 11 is 6.00. The van der Waals surface area contributed by atoms with E-state index in [2.05, 4.69) is 5.10 Å². The van der Waals surface area contributed by atoms with Crippen molar-refractivity contribution in [2.24, 2.45) is 0 Å². The van der Waals surface area contributed by atoms with Gasteiger partial charge in [-0.3, -0.25) is 0 Å². The number of hydrogen-bond acceptors (Lipinski definition) is 3. The average Bonchev–Trinajstić information content (AvgIpc) is 2.62. The second kappa shape index (κ2) is 5.13. The number of ether oxygens (including phenoxy) is 1. The third-order valence-corrected chi connectivity index (χ3v) is 3.34. The molecule has 1 heterocycles. The largest absolute Gasteiger partial charge is 0.437 e. The van der Waals surface area contributed by atoms with Crippen LogP contribution in [0.1, 0.15) is 31.1 Å². The van der Waals surface area contributed by atoms with Crippen LogP contribution in [0.2, 0.25) is 5.02 Å². The van der Waals surface area contributed by atoms with Crippen LogP contribution in [0.15, 0.2) is 18.2 Å². The molecule has 5 heteroatoms. The molecule has 0 radical (unpaired) electrons. The number of benzene rings is 1. The van der Waals surface area contributed by atoms with E-state index >= 15 is 0 Å². The molecule has 2 N–H and O–H groups in total. The molecule has 2 aromatic rings. The summed E-state index contributed by atoms with van der Waals surface area (Å²) in [7, 11) is 0. The molecule has 19 heavy (non-hydrogen) atoms. The van der Waals surface area contributed by atoms with E-state index in [1.807, 2.05) is 45.9 Å². The van der Waals surface area contributed by atoms with Gasteiger partial charge in [0.25, 0.3) is 0 Å². The molecule has 0 saturated heterocycles. The van der Waals surface area contributed by atoms with Crippen LogP contribution in [0.3, 0.4) is 0 Å². The molecular weight excluding hydrogens is 262 g/mol. The van der Waals surface area contributed by atoms with E-state index in [1.165, 1.54) is 0 Å². The molecule has 2 rings (SSSR count). The Bertz CT molecular complexity index is 605. The molecule has 1 aromatic heterocycles. The van der Waals surface area contributed by atoms with Gasteiger partial charge in [0.2, 0.25) is 5.88 Å². The zero-order valence-corrected chi connectivity index (χ0v) is 12.3. The lowest BCUT2D eigenvalue weighted by molar-refractivity contribution is 0.389. The predicted octanol–water partition coefficient (Wildman–Crippen LogP) is 4.11. The first-order valence-corrected chi connectivity index (χ1v) is 6.56. The fourth-order valence-electron chi connectivity index (χ4n) is 1.78. The lowest BCUT2D eigenvalue weighted by atomic mass is 10.2. The number of nitrogen functional groups attached to an aromatic ring is 1. The second-order valence-electron chi connectivity index (χ2n) is 4.86. The Morgan fingerprint density at radius 3 is 2.58 bits per heavy atom. The number of hydrogen-bond donors (Lipinski definition) is 1. The Morgan fingerprint density at radius 1 is 1.32 bits per heavy atom. The highest BCUT2D eigenvalue weighted by molar-refractivity contribution is 6.31. The van der Waals surface area contributed by atoms with E-state index < -0.39 is 0 Å². The maximum atomic E-state index is 6.02. The van der Waals surface area contributed by atoms with Crippen LogP contribution in [0, 0.1) is 13.8 Å². The summed E-state index contributed by atoms with van der Waals surface area (Å²) in [5, 5.41) is 5.10. The highest BCUT2D eigenvalue weighted by Gasteiger charge is 2.17. The lowest BCUT2D eigenvalue weighted by Crippen LogP contribution is -2.05. The Labute approximate surface area is 118 Å². The molecule has 0 saturated carbocycles. The molecule has 0 unspecified atom stereocenters. The van der Waals surface area contributed by atoms with Gasteiger partial charge in [-0.05, 0) is 51.5 Å². The van der Waals surface area contributed by atoms with Crippen LogP contribution in [0.5, 0.6) is 11.6 Å². The highest BCUT2D eigenvalue weighted by atomic mass is 35.5. The Balaban J connectivity index is 2.40. The summed E-state index contributed by atoms with van der Waals surface area (Å²) in [5.41, 5.74) is 8.33. The number of aryl methyl sites for hydroxylation is 2. The summed E-state index contributed by atoms with van der Waals surface area (Å²) in [6, 6.07) is 5.70. The SMILES string of the molecule is Cc1cc(Oc2c(N)c(C)nn2C(C)C)ccc1Cl. The molecule has 0 aliphatic carbocycles. The number of nitrogens with two attached hydrogens (primary N) is 1. The molecular formula is C14H18ClN3O. The predicted molar refractivity (Wildman–Crippen MR) is 78.0 cm³/mol. The summed E-state index contributed by atoms with van der Waals surface area (Å²) in [4.78, 5) is 0. The molecule has 0 bridgehead atoms. The summed E-state index contributed by atoms with van der Waals surface area (Å²) in [6.45, 7) is 7.87. The van der Waals surface area contributed by atoms with Crippen LogP contribution in [0.25, 0.3) is 0 Å². The molecule has 1 aromatic carbocycles. The van der Waals surface area contributed by atoms with E-state index in [4.69, 9.17) is 22.1 Å². The normalized spacial score (nSPS) is 11.1. The molecule has 0 aliphatic heterocycles. The number of anilines is 1. The van der Waals surface area contributed by atoms with Crippen LogP contribution in [-0.2, 0) is 0 Å². The minimum atomic E-state index is 0.180. The topological polar surface area (TPSA) is 53.1 Å². The van der Waals surface area contributed by atoms with Gasteiger partial charge in [0.05, 0.1) is 11.7 Å². The van der Waals surface area contributed by atoms with Crippen molar-refractivity contribution in [3.63, 3.8) is 0 Å². The number of rotatable bonds is 3. The van der Waals surface area contributed by atoms with Gasteiger partial charge in [-0.1, -0.05) is 11.6 Å². The van der Waals surface area contributed by atoms with Crippen molar-refractivity contribution in [3.8, 4) is 11.6 Å². The minimum Gasteiger partial charge on any atom is -0.437 e. The van der Waals surface area contributed by atoms with E-state index in [0.29, 0.717) is 22.3 Å².